The summed E-state index contributed by atoms with van der Waals surface area (Å²) < 4.78 is 2.08. The topological polar surface area (TPSA) is 38.0 Å². The third kappa shape index (κ3) is 3.17. The second-order valence-corrected chi connectivity index (χ2v) is 4.87. The number of hydrogen-bond acceptors (Lipinski definition) is 2. The molecule has 2 aromatic rings. The zero-order valence-electron chi connectivity index (χ0n) is 10.3. The predicted molar refractivity (Wildman–Crippen MR) is 68.6 cm³/mol. The lowest BCUT2D eigenvalue weighted by molar-refractivity contribution is 0.0663. The lowest BCUT2D eigenvalue weighted by Gasteiger charge is -2.18. The molecule has 2 rings (SSSR count). The largest absolute Gasteiger partial charge is 0.390 e. The van der Waals surface area contributed by atoms with Crippen molar-refractivity contribution in [2.45, 2.75) is 32.4 Å². The number of aliphatic hydroxyl groups is 1. The van der Waals surface area contributed by atoms with Crippen LogP contribution in [0.3, 0.4) is 0 Å². The van der Waals surface area contributed by atoms with Crippen LogP contribution in [0, 0.1) is 0 Å². The summed E-state index contributed by atoms with van der Waals surface area (Å²) in [7, 11) is 0. The number of aromatic nitrogens is 2. The van der Waals surface area contributed by atoms with E-state index in [1.807, 2.05) is 50.4 Å². The summed E-state index contributed by atoms with van der Waals surface area (Å²) in [4.78, 5) is 4.37. The second kappa shape index (κ2) is 4.72. The first kappa shape index (κ1) is 11.9. The van der Waals surface area contributed by atoms with E-state index in [9.17, 15) is 5.11 Å². The van der Waals surface area contributed by atoms with E-state index in [4.69, 9.17) is 0 Å². The van der Waals surface area contributed by atoms with Crippen molar-refractivity contribution in [1.82, 2.24) is 9.55 Å². The number of hydrogen-bond donors (Lipinski definition) is 1. The summed E-state index contributed by atoms with van der Waals surface area (Å²) >= 11 is 0. The van der Waals surface area contributed by atoms with Crippen LogP contribution in [0.25, 0.3) is 11.4 Å². The summed E-state index contributed by atoms with van der Waals surface area (Å²) in [5.41, 5.74) is 0.464. The molecule has 0 amide bonds. The summed E-state index contributed by atoms with van der Waals surface area (Å²) in [6.45, 7) is 4.42. The van der Waals surface area contributed by atoms with Crippen molar-refractivity contribution in [2.75, 3.05) is 0 Å². The molecule has 0 atom stereocenters. The van der Waals surface area contributed by atoms with E-state index in [0.29, 0.717) is 6.42 Å². The highest BCUT2D eigenvalue weighted by atomic mass is 16.3. The Bertz CT molecular complexity index is 468. The van der Waals surface area contributed by atoms with Gasteiger partial charge in [-0.3, -0.25) is 0 Å². The fourth-order valence-corrected chi connectivity index (χ4v) is 1.73. The molecule has 0 saturated heterocycles. The van der Waals surface area contributed by atoms with E-state index in [0.717, 1.165) is 17.9 Å². The van der Waals surface area contributed by atoms with Gasteiger partial charge in [0.25, 0.3) is 0 Å². The second-order valence-electron chi connectivity index (χ2n) is 4.87. The van der Waals surface area contributed by atoms with Crippen LogP contribution in [0.2, 0.25) is 0 Å². The van der Waals surface area contributed by atoms with Crippen molar-refractivity contribution >= 4 is 0 Å². The van der Waals surface area contributed by atoms with E-state index < -0.39 is 5.60 Å². The van der Waals surface area contributed by atoms with E-state index in [1.165, 1.54) is 0 Å². The molecule has 1 N–H and O–H groups in total. The molecular weight excluding hydrogens is 212 g/mol. The quantitative estimate of drug-likeness (QED) is 0.877. The molecule has 0 radical (unpaired) electrons. The van der Waals surface area contributed by atoms with Crippen LogP contribution >= 0.6 is 0 Å². The maximum Gasteiger partial charge on any atom is 0.139 e. The van der Waals surface area contributed by atoms with E-state index in [1.54, 1.807) is 6.20 Å². The predicted octanol–water partition coefficient (Wildman–Crippen LogP) is 2.71. The van der Waals surface area contributed by atoms with Gasteiger partial charge >= 0.3 is 0 Å². The van der Waals surface area contributed by atoms with Gasteiger partial charge in [-0.25, -0.2) is 4.98 Å². The zero-order chi connectivity index (χ0) is 12.3. The van der Waals surface area contributed by atoms with Crippen LogP contribution in [-0.2, 0) is 6.54 Å². The van der Waals surface area contributed by atoms with Crippen molar-refractivity contribution in [3.05, 3.63) is 42.7 Å². The third-order valence-electron chi connectivity index (χ3n) is 2.71. The summed E-state index contributed by atoms with van der Waals surface area (Å²) in [6.07, 6.45) is 4.46. The molecular formula is C14H18N2O. The van der Waals surface area contributed by atoms with E-state index in [2.05, 4.69) is 9.55 Å². The number of imidazole rings is 1. The molecule has 0 bridgehead atoms. The van der Waals surface area contributed by atoms with Gasteiger partial charge in [0, 0.05) is 24.5 Å². The van der Waals surface area contributed by atoms with Gasteiger partial charge in [-0.1, -0.05) is 30.3 Å². The Morgan fingerprint density at radius 2 is 1.94 bits per heavy atom. The minimum absolute atomic E-state index is 0.641. The molecule has 0 spiro atoms. The van der Waals surface area contributed by atoms with Gasteiger partial charge in [0.1, 0.15) is 5.82 Å². The monoisotopic (exact) mass is 230 g/mol. The number of aryl methyl sites for hydroxylation is 1. The molecule has 1 aromatic heterocycles. The lowest BCUT2D eigenvalue weighted by atomic mass is 10.1. The van der Waals surface area contributed by atoms with Gasteiger partial charge < -0.3 is 9.67 Å². The van der Waals surface area contributed by atoms with Crippen molar-refractivity contribution in [2.24, 2.45) is 0 Å². The Labute approximate surface area is 102 Å². The average Bonchev–Trinajstić information content (AvgIpc) is 2.75. The highest BCUT2D eigenvalue weighted by Gasteiger charge is 2.13. The van der Waals surface area contributed by atoms with Gasteiger partial charge in [0.15, 0.2) is 0 Å². The molecule has 3 nitrogen and oxygen atoms in total. The van der Waals surface area contributed by atoms with Crippen LogP contribution in [0.4, 0.5) is 0 Å². The molecule has 90 valence electrons. The molecule has 0 saturated carbocycles. The van der Waals surface area contributed by atoms with Crippen LogP contribution in [-0.4, -0.2) is 20.3 Å². The normalized spacial score (nSPS) is 11.7. The number of rotatable bonds is 4. The minimum Gasteiger partial charge on any atom is -0.390 e. The molecule has 1 heterocycles. The summed E-state index contributed by atoms with van der Waals surface area (Å²) in [5, 5.41) is 9.74. The smallest absolute Gasteiger partial charge is 0.139 e. The van der Waals surface area contributed by atoms with Crippen LogP contribution in [0.5, 0.6) is 0 Å². The first-order valence-corrected chi connectivity index (χ1v) is 5.85. The third-order valence-corrected chi connectivity index (χ3v) is 2.71. The van der Waals surface area contributed by atoms with Gasteiger partial charge in [-0.2, -0.15) is 0 Å². The molecule has 1 aromatic carbocycles. The molecule has 0 aliphatic heterocycles. The van der Waals surface area contributed by atoms with Gasteiger partial charge in [-0.15, -0.1) is 0 Å². The molecule has 0 unspecified atom stereocenters. The van der Waals surface area contributed by atoms with Crippen molar-refractivity contribution < 1.29 is 5.11 Å². The highest BCUT2D eigenvalue weighted by Crippen LogP contribution is 2.18. The van der Waals surface area contributed by atoms with E-state index in [-0.39, 0.29) is 0 Å². The van der Waals surface area contributed by atoms with Crippen LogP contribution in [0.1, 0.15) is 20.3 Å². The Morgan fingerprint density at radius 1 is 1.24 bits per heavy atom. The summed E-state index contributed by atoms with van der Waals surface area (Å²) in [5.74, 6) is 0.954. The molecule has 0 fully saturated rings. The summed E-state index contributed by atoms with van der Waals surface area (Å²) in [6, 6.07) is 10.1. The van der Waals surface area contributed by atoms with Gasteiger partial charge in [0.05, 0.1) is 5.60 Å². The van der Waals surface area contributed by atoms with Gasteiger partial charge in [-0.05, 0) is 20.3 Å². The molecule has 0 aliphatic carbocycles. The minimum atomic E-state index is -0.641. The Hall–Kier alpha value is -1.61. The standard InChI is InChI=1S/C14H18N2O/c1-14(2,17)8-10-16-11-9-15-13(16)12-6-4-3-5-7-12/h3-7,9,11,17H,8,10H2,1-2H3. The van der Waals surface area contributed by atoms with Crippen molar-refractivity contribution in [3.8, 4) is 11.4 Å². The molecule has 3 heteroatoms. The Balaban J connectivity index is 2.18. The Kier molecular flexibility index (Phi) is 3.29. The molecule has 0 aliphatic rings. The van der Waals surface area contributed by atoms with Gasteiger partial charge in [0.2, 0.25) is 0 Å². The van der Waals surface area contributed by atoms with Crippen molar-refractivity contribution in [3.63, 3.8) is 0 Å². The fourth-order valence-electron chi connectivity index (χ4n) is 1.73. The maximum absolute atomic E-state index is 9.74. The zero-order valence-corrected chi connectivity index (χ0v) is 10.3. The molecule has 17 heavy (non-hydrogen) atoms. The number of benzene rings is 1. The first-order chi connectivity index (χ1) is 8.06. The highest BCUT2D eigenvalue weighted by molar-refractivity contribution is 5.55. The van der Waals surface area contributed by atoms with E-state index >= 15 is 0 Å². The maximum atomic E-state index is 9.74. The SMILES string of the molecule is CC(C)(O)CCn1ccnc1-c1ccccc1. The Morgan fingerprint density at radius 3 is 2.59 bits per heavy atom. The fraction of sp³-hybridized carbons (Fsp3) is 0.357. The number of nitrogens with zero attached hydrogens (tertiary/aromatic N) is 2. The first-order valence-electron chi connectivity index (χ1n) is 5.85. The van der Waals surface area contributed by atoms with Crippen LogP contribution < -0.4 is 0 Å². The van der Waals surface area contributed by atoms with Crippen LogP contribution in [0.15, 0.2) is 42.7 Å². The average molecular weight is 230 g/mol. The lowest BCUT2D eigenvalue weighted by Crippen LogP contribution is -2.21. The van der Waals surface area contributed by atoms with Crippen molar-refractivity contribution in [1.29, 1.82) is 0 Å².